The number of ketones is 1. The van der Waals surface area contributed by atoms with E-state index in [-0.39, 0.29) is 11.2 Å². The van der Waals surface area contributed by atoms with E-state index in [1.165, 1.54) is 10.7 Å². The van der Waals surface area contributed by atoms with Crippen molar-refractivity contribution < 1.29 is 4.79 Å². The van der Waals surface area contributed by atoms with Crippen LogP contribution >= 0.6 is 35.7 Å². The third-order valence-electron chi connectivity index (χ3n) is 2.80. The molecule has 0 N–H and O–H groups in total. The second-order valence-corrected chi connectivity index (χ2v) is 8.04. The Hall–Kier alpha value is 0.200. The Kier molecular flexibility index (Phi) is 3.82. The van der Waals surface area contributed by atoms with Gasteiger partial charge in [0.15, 0.2) is 5.78 Å². The van der Waals surface area contributed by atoms with Gasteiger partial charge < -0.3 is 0 Å². The summed E-state index contributed by atoms with van der Waals surface area (Å²) in [4.78, 5) is 13.0. The maximum Gasteiger partial charge on any atom is 0.166 e. The Morgan fingerprint density at radius 2 is 1.81 bits per heavy atom. The first-order chi connectivity index (χ1) is 7.49. The Bertz CT molecular complexity index is 338. The summed E-state index contributed by atoms with van der Waals surface area (Å²) < 4.78 is 1.19. The van der Waals surface area contributed by atoms with E-state index in [9.17, 15) is 4.79 Å². The summed E-state index contributed by atoms with van der Waals surface area (Å²) in [6.07, 6.45) is 2.76. The van der Waals surface area contributed by atoms with Gasteiger partial charge in [0, 0.05) is 11.3 Å². The van der Waals surface area contributed by atoms with Crippen LogP contribution in [0.3, 0.4) is 0 Å². The lowest BCUT2D eigenvalue weighted by molar-refractivity contribution is -0.117. The van der Waals surface area contributed by atoms with Crippen LogP contribution in [0.15, 0.2) is 9.81 Å². The smallest absolute Gasteiger partial charge is 0.166 e. The van der Waals surface area contributed by atoms with Crippen LogP contribution in [-0.2, 0) is 4.79 Å². The zero-order valence-corrected chi connectivity index (χ0v) is 12.1. The van der Waals surface area contributed by atoms with Crippen molar-refractivity contribution in [3.63, 3.8) is 0 Å². The van der Waals surface area contributed by atoms with Crippen LogP contribution in [0.1, 0.15) is 33.1 Å². The average Bonchev–Trinajstić information content (AvgIpc) is 2.16. The summed E-state index contributed by atoms with van der Waals surface area (Å²) in [6.45, 7) is 4.25. The molecule has 0 unspecified atom stereocenters. The molecular formula is C12H16OS3. The van der Waals surface area contributed by atoms with Gasteiger partial charge in [-0.2, -0.15) is 0 Å². The maximum absolute atomic E-state index is 12.1. The Morgan fingerprint density at radius 3 is 2.38 bits per heavy atom. The van der Waals surface area contributed by atoms with Crippen LogP contribution in [-0.4, -0.2) is 22.2 Å². The molecule has 0 bridgehead atoms. The first-order valence-electron chi connectivity index (χ1n) is 5.56. The van der Waals surface area contributed by atoms with Gasteiger partial charge in [-0.25, -0.2) is 0 Å². The second-order valence-electron chi connectivity index (χ2n) is 5.08. The van der Waals surface area contributed by atoms with Crippen molar-refractivity contribution in [3.05, 3.63) is 9.81 Å². The zero-order valence-electron chi connectivity index (χ0n) is 9.67. The molecule has 16 heavy (non-hydrogen) atoms. The van der Waals surface area contributed by atoms with Gasteiger partial charge in [-0.3, -0.25) is 4.79 Å². The molecule has 0 amide bonds. The number of Topliss-reactive ketones (excluding diaryl/α,β-unsaturated/α-hetero) is 1. The van der Waals surface area contributed by atoms with E-state index in [1.807, 2.05) is 23.5 Å². The fourth-order valence-corrected chi connectivity index (χ4v) is 5.53. The minimum Gasteiger partial charge on any atom is -0.294 e. The third kappa shape index (κ3) is 2.71. The minimum atomic E-state index is 0.0578. The molecule has 1 aliphatic carbocycles. The number of rotatable bonds is 0. The molecule has 1 saturated carbocycles. The van der Waals surface area contributed by atoms with Crippen molar-refractivity contribution in [2.45, 2.75) is 33.1 Å². The molecule has 0 aromatic carbocycles. The van der Waals surface area contributed by atoms with Crippen LogP contribution < -0.4 is 0 Å². The van der Waals surface area contributed by atoms with Crippen molar-refractivity contribution in [2.24, 2.45) is 5.41 Å². The number of hydrogen-bond donors (Lipinski definition) is 0. The van der Waals surface area contributed by atoms with Gasteiger partial charge in [0.25, 0.3) is 0 Å². The van der Waals surface area contributed by atoms with Crippen LogP contribution in [0, 0.1) is 5.41 Å². The lowest BCUT2D eigenvalue weighted by atomic mass is 9.75. The minimum absolute atomic E-state index is 0.0578. The molecule has 4 heteroatoms. The molecule has 1 saturated heterocycles. The summed E-state index contributed by atoms with van der Waals surface area (Å²) in [5.41, 5.74) is 0.936. The van der Waals surface area contributed by atoms with Crippen molar-refractivity contribution in [2.75, 3.05) is 11.5 Å². The fraction of sp³-hybridized carbons (Fsp3) is 0.667. The number of hydrogen-bond acceptors (Lipinski definition) is 4. The van der Waals surface area contributed by atoms with Gasteiger partial charge in [0.2, 0.25) is 0 Å². The molecule has 0 spiro atoms. The summed E-state index contributed by atoms with van der Waals surface area (Å²) in [5.74, 6) is 2.52. The van der Waals surface area contributed by atoms with Gasteiger partial charge >= 0.3 is 0 Å². The van der Waals surface area contributed by atoms with Gasteiger partial charge in [0.05, 0.1) is 9.81 Å². The number of carbonyl (C=O) groups excluding carboxylic acids is 1. The first-order valence-corrected chi connectivity index (χ1v) is 7.94. The number of carbonyl (C=O) groups is 1. The maximum atomic E-state index is 12.1. The van der Waals surface area contributed by atoms with E-state index in [1.54, 1.807) is 0 Å². The van der Waals surface area contributed by atoms with E-state index >= 15 is 0 Å². The van der Waals surface area contributed by atoms with Crippen LogP contribution in [0.5, 0.6) is 0 Å². The van der Waals surface area contributed by atoms with Crippen LogP contribution in [0.2, 0.25) is 0 Å². The predicted molar refractivity (Wildman–Crippen MR) is 77.2 cm³/mol. The average molecular weight is 272 g/mol. The van der Waals surface area contributed by atoms with Crippen molar-refractivity contribution in [1.82, 2.24) is 0 Å². The van der Waals surface area contributed by atoms with Gasteiger partial charge in [0.1, 0.15) is 0 Å². The van der Waals surface area contributed by atoms with Crippen LogP contribution in [0.4, 0.5) is 0 Å². The number of thioether (sulfide) groups is 2. The molecule has 0 radical (unpaired) electrons. The molecule has 1 heterocycles. The Morgan fingerprint density at radius 1 is 1.19 bits per heavy atom. The molecule has 2 aliphatic rings. The fourth-order valence-electron chi connectivity index (χ4n) is 2.07. The molecule has 0 aromatic heterocycles. The van der Waals surface area contributed by atoms with Crippen molar-refractivity contribution in [3.8, 4) is 0 Å². The SMILES string of the molecule is CC1(C)CC(=O)C(=C2SCCCS2)C(=S)C1. The number of thiocarbonyl (C=S) groups is 1. The molecule has 0 atom stereocenters. The highest BCUT2D eigenvalue weighted by Gasteiger charge is 2.35. The Labute approximate surface area is 111 Å². The first kappa shape index (κ1) is 12.7. The third-order valence-corrected chi connectivity index (χ3v) is 5.77. The molecule has 2 rings (SSSR count). The van der Waals surface area contributed by atoms with E-state index in [0.717, 1.165) is 28.4 Å². The van der Waals surface area contributed by atoms with Gasteiger partial charge in [-0.1, -0.05) is 26.1 Å². The summed E-state index contributed by atoms with van der Waals surface area (Å²) >= 11 is 9.05. The lowest BCUT2D eigenvalue weighted by Crippen LogP contribution is -2.31. The normalized spacial score (nSPS) is 26.1. The van der Waals surface area contributed by atoms with Gasteiger partial charge in [-0.05, 0) is 29.8 Å². The molecule has 2 fully saturated rings. The molecule has 0 aromatic rings. The summed E-state index contributed by atoms with van der Waals surface area (Å²) in [6, 6.07) is 0. The lowest BCUT2D eigenvalue weighted by Gasteiger charge is -2.31. The van der Waals surface area contributed by atoms with E-state index in [2.05, 4.69) is 13.8 Å². The largest absolute Gasteiger partial charge is 0.294 e. The summed E-state index contributed by atoms with van der Waals surface area (Å²) in [5, 5.41) is 0. The molecular weight excluding hydrogens is 256 g/mol. The topological polar surface area (TPSA) is 17.1 Å². The highest BCUT2D eigenvalue weighted by Crippen LogP contribution is 2.43. The number of allylic oxidation sites excluding steroid dienone is 1. The zero-order chi connectivity index (χ0) is 11.8. The van der Waals surface area contributed by atoms with E-state index in [0.29, 0.717) is 6.42 Å². The summed E-state index contributed by atoms with van der Waals surface area (Å²) in [7, 11) is 0. The highest BCUT2D eigenvalue weighted by atomic mass is 32.2. The Balaban J connectivity index is 2.28. The quantitative estimate of drug-likeness (QED) is 0.492. The molecule has 1 aliphatic heterocycles. The van der Waals surface area contributed by atoms with Crippen molar-refractivity contribution >= 4 is 46.4 Å². The monoisotopic (exact) mass is 272 g/mol. The van der Waals surface area contributed by atoms with E-state index in [4.69, 9.17) is 12.2 Å². The molecule has 1 nitrogen and oxygen atoms in total. The predicted octanol–water partition coefficient (Wildman–Crippen LogP) is 3.83. The van der Waals surface area contributed by atoms with E-state index < -0.39 is 0 Å². The highest BCUT2D eigenvalue weighted by molar-refractivity contribution is 8.22. The standard InChI is InChI=1S/C12H16OS3/c1-12(2)6-8(13)10(9(14)7-12)11-15-4-3-5-16-11/h3-7H2,1-2H3. The second kappa shape index (κ2) is 4.83. The van der Waals surface area contributed by atoms with Gasteiger partial charge in [-0.15, -0.1) is 23.5 Å². The molecule has 88 valence electrons. The van der Waals surface area contributed by atoms with Crippen molar-refractivity contribution in [1.29, 1.82) is 0 Å². The van der Waals surface area contributed by atoms with Crippen LogP contribution in [0.25, 0.3) is 0 Å².